The van der Waals surface area contributed by atoms with E-state index in [2.05, 4.69) is 57.8 Å². The number of nitro groups is 1. The molecule has 0 fully saturated rings. The van der Waals surface area contributed by atoms with Gasteiger partial charge < -0.3 is 14.5 Å². The zero-order valence-corrected chi connectivity index (χ0v) is 33.8. The van der Waals surface area contributed by atoms with Gasteiger partial charge in [-0.05, 0) is 72.7 Å². The molecule has 0 saturated heterocycles. The van der Waals surface area contributed by atoms with Crippen molar-refractivity contribution in [2.75, 3.05) is 31.1 Å². The van der Waals surface area contributed by atoms with Gasteiger partial charge in [0.05, 0.1) is 48.5 Å². The lowest BCUT2D eigenvalue weighted by molar-refractivity contribution is -0.929. The highest BCUT2D eigenvalue weighted by Gasteiger charge is 2.58. The van der Waals surface area contributed by atoms with E-state index < -0.39 is 15.9 Å². The Balaban J connectivity index is 0.000000335. The van der Waals surface area contributed by atoms with Gasteiger partial charge in [-0.3, -0.25) is 10.1 Å². The van der Waals surface area contributed by atoms with Gasteiger partial charge in [-0.1, -0.05) is 122 Å². The molecule has 1 atom stereocenters. The zero-order valence-electron chi connectivity index (χ0n) is 33.8. The molecule has 0 aliphatic carbocycles. The van der Waals surface area contributed by atoms with Crippen molar-refractivity contribution in [2.24, 2.45) is 10.2 Å². The highest BCUT2D eigenvalue weighted by atomic mass is 16.6. The summed E-state index contributed by atoms with van der Waals surface area (Å²) in [5.41, 5.74) is 2.52. The smallest absolute Gasteiger partial charge is 0.269 e. The molecule has 4 aromatic carbocycles. The molecule has 0 bridgehead atoms. The Bertz CT molecular complexity index is 1850. The summed E-state index contributed by atoms with van der Waals surface area (Å²) >= 11 is 0. The van der Waals surface area contributed by atoms with Crippen LogP contribution in [0.5, 0.6) is 5.75 Å². The number of benzene rings is 4. The van der Waals surface area contributed by atoms with Crippen molar-refractivity contribution in [3.8, 4) is 11.8 Å². The minimum Gasteiger partial charge on any atom is -0.872 e. The molecule has 0 spiro atoms. The van der Waals surface area contributed by atoms with Crippen molar-refractivity contribution < 1.29 is 14.5 Å². The highest BCUT2D eigenvalue weighted by molar-refractivity contribution is 5.71. The van der Waals surface area contributed by atoms with E-state index >= 15 is 0 Å². The number of hydrogen-bond donors (Lipinski definition) is 0. The number of fused-ring (bicyclic) bond motifs is 1. The summed E-state index contributed by atoms with van der Waals surface area (Å²) in [6.45, 7) is 19.3. The number of anilines is 1. The Hall–Kier alpha value is -5.07. The number of azo groups is 1. The second-order valence-electron chi connectivity index (χ2n) is 15.3. The summed E-state index contributed by atoms with van der Waals surface area (Å²) in [6, 6.07) is 30.7. The molecule has 1 aliphatic rings. The van der Waals surface area contributed by atoms with Crippen LogP contribution in [0, 0.1) is 21.4 Å². The number of nitriles is 1. The Labute approximate surface area is 329 Å². The van der Waals surface area contributed by atoms with Gasteiger partial charge in [-0.15, -0.1) is 5.75 Å². The third kappa shape index (κ3) is 9.98. The van der Waals surface area contributed by atoms with Gasteiger partial charge >= 0.3 is 0 Å². The predicted molar refractivity (Wildman–Crippen MR) is 222 cm³/mol. The van der Waals surface area contributed by atoms with E-state index in [1.165, 1.54) is 112 Å². The fraction of sp³-hybridized carbons (Fsp3) is 0.457. The lowest BCUT2D eigenvalue weighted by Gasteiger charge is -2.43. The third-order valence-electron chi connectivity index (χ3n) is 11.2. The Morgan fingerprint density at radius 3 is 1.76 bits per heavy atom. The molecule has 9 nitrogen and oxygen atoms in total. The van der Waals surface area contributed by atoms with Crippen LogP contribution < -0.4 is 10.0 Å². The second kappa shape index (κ2) is 20.0. The van der Waals surface area contributed by atoms with E-state index in [1.807, 2.05) is 59.5 Å². The van der Waals surface area contributed by atoms with Crippen molar-refractivity contribution in [3.63, 3.8) is 0 Å². The van der Waals surface area contributed by atoms with Crippen LogP contribution in [-0.2, 0) is 17.5 Å². The van der Waals surface area contributed by atoms with E-state index in [1.54, 1.807) is 12.1 Å². The first-order valence-corrected chi connectivity index (χ1v) is 20.2. The van der Waals surface area contributed by atoms with Crippen LogP contribution in [-0.4, -0.2) is 35.6 Å². The number of para-hydroxylation sites is 1. The largest absolute Gasteiger partial charge is 0.872 e. The van der Waals surface area contributed by atoms with Gasteiger partial charge in [0.25, 0.3) is 5.69 Å². The maximum atomic E-state index is 13.0. The lowest BCUT2D eigenvalue weighted by atomic mass is 9.67. The molecule has 0 radical (unpaired) electrons. The number of non-ortho nitro benzene ring substituents is 1. The van der Waals surface area contributed by atoms with Crippen LogP contribution in [0.4, 0.5) is 22.7 Å². The summed E-state index contributed by atoms with van der Waals surface area (Å²) in [5.74, 6) is -0.165. The predicted octanol–water partition coefficient (Wildman–Crippen LogP) is 11.8. The molecule has 4 aromatic rings. The van der Waals surface area contributed by atoms with Crippen LogP contribution >= 0.6 is 0 Å². The molecule has 292 valence electrons. The molecule has 0 N–H and O–H groups in total. The molecule has 5 rings (SSSR count). The van der Waals surface area contributed by atoms with E-state index in [4.69, 9.17) is 0 Å². The topological polar surface area (TPSA) is 118 Å². The Kier molecular flexibility index (Phi) is 15.5. The van der Waals surface area contributed by atoms with E-state index in [0.717, 1.165) is 16.8 Å². The molecule has 1 unspecified atom stereocenters. The number of unbranched alkanes of at least 4 members (excludes halogenated alkanes) is 4. The first kappa shape index (κ1) is 42.7. The average molecular weight is 745 g/mol. The van der Waals surface area contributed by atoms with Gasteiger partial charge in [0.15, 0.2) is 5.54 Å². The zero-order chi connectivity index (χ0) is 39.9. The molecular weight excluding hydrogens is 685 g/mol. The fourth-order valence-electron chi connectivity index (χ4n) is 7.94. The molecule has 0 saturated carbocycles. The molecule has 55 heavy (non-hydrogen) atoms. The minimum absolute atomic E-state index is 0.0323. The number of hydrogen-bond acceptors (Lipinski definition) is 7. The Morgan fingerprint density at radius 1 is 0.727 bits per heavy atom. The Morgan fingerprint density at radius 2 is 1.24 bits per heavy atom. The minimum atomic E-state index is -1.05. The molecule has 1 heterocycles. The van der Waals surface area contributed by atoms with Crippen LogP contribution in [0.2, 0.25) is 0 Å². The highest BCUT2D eigenvalue weighted by Crippen LogP contribution is 2.57. The average Bonchev–Trinajstić information content (AvgIpc) is 3.40. The lowest BCUT2D eigenvalue weighted by Crippen LogP contribution is -2.51. The third-order valence-corrected chi connectivity index (χ3v) is 11.2. The number of rotatable bonds is 18. The number of nitro benzene ring substituents is 1. The van der Waals surface area contributed by atoms with Crippen LogP contribution in [0.1, 0.15) is 110 Å². The molecule has 0 amide bonds. The standard InChI is InChI=1S/C30H25N5O3.C16H36N/c1-29(2)26-10-6-7-11-27(26)34(30(29,20-31)22-8-4-3-5-9-22)19-21-18-24(14-17-28(21)36)33-32-23-12-15-25(16-13-23)35(37)38;1-5-9-13-17(14-10-6-2,15-11-7-3)16-12-8-4/h3-18,36H,19H2,1-2H3;5-16H2,1-4H3/q;+1/p-1. The molecule has 0 aromatic heterocycles. The van der Waals surface area contributed by atoms with Crippen LogP contribution in [0.3, 0.4) is 0 Å². The van der Waals surface area contributed by atoms with E-state index in [9.17, 15) is 20.5 Å². The van der Waals surface area contributed by atoms with Crippen LogP contribution in [0.25, 0.3) is 0 Å². The summed E-state index contributed by atoms with van der Waals surface area (Å²) in [5, 5.41) is 43.1. The molecular formula is C46H60N6O3. The van der Waals surface area contributed by atoms with E-state index in [-0.39, 0.29) is 18.0 Å². The summed E-state index contributed by atoms with van der Waals surface area (Å²) in [7, 11) is 0. The maximum absolute atomic E-state index is 13.0. The first-order valence-electron chi connectivity index (χ1n) is 20.2. The van der Waals surface area contributed by atoms with Crippen molar-refractivity contribution in [1.29, 1.82) is 5.26 Å². The number of quaternary nitrogens is 1. The second-order valence-corrected chi connectivity index (χ2v) is 15.3. The van der Waals surface area contributed by atoms with Crippen molar-refractivity contribution >= 4 is 22.7 Å². The molecule has 9 heteroatoms. The summed E-state index contributed by atoms with van der Waals surface area (Å²) < 4.78 is 1.42. The quantitative estimate of drug-likeness (QED) is 0.0435. The first-order chi connectivity index (χ1) is 26.5. The van der Waals surface area contributed by atoms with Gasteiger partial charge in [0.2, 0.25) is 0 Å². The van der Waals surface area contributed by atoms with Gasteiger partial charge in [0.1, 0.15) is 0 Å². The maximum Gasteiger partial charge on any atom is 0.269 e. The van der Waals surface area contributed by atoms with Gasteiger partial charge in [-0.2, -0.15) is 15.5 Å². The summed E-state index contributed by atoms with van der Waals surface area (Å²) in [4.78, 5) is 12.4. The SMILES string of the molecule is CC1(C)c2ccccc2N(Cc2cc(N=Nc3ccc([N+](=O)[O-])cc3)ccc2[O-])C1(C#N)c1ccccc1.CCCC[N+](CCCC)(CCCC)CCCC. The van der Waals surface area contributed by atoms with E-state index in [0.29, 0.717) is 16.9 Å². The van der Waals surface area contributed by atoms with Gasteiger partial charge in [-0.25, -0.2) is 0 Å². The van der Waals surface area contributed by atoms with Gasteiger partial charge in [0, 0.05) is 29.8 Å². The van der Waals surface area contributed by atoms with Crippen molar-refractivity contribution in [2.45, 2.75) is 110 Å². The summed E-state index contributed by atoms with van der Waals surface area (Å²) in [6.07, 6.45) is 11.1. The van der Waals surface area contributed by atoms with Crippen molar-refractivity contribution in [3.05, 3.63) is 124 Å². The normalized spacial score (nSPS) is 16.0. The molecule has 1 aliphatic heterocycles. The number of nitrogens with zero attached hydrogens (tertiary/aromatic N) is 6. The monoisotopic (exact) mass is 744 g/mol. The fourth-order valence-corrected chi connectivity index (χ4v) is 7.94. The van der Waals surface area contributed by atoms with Crippen LogP contribution in [0.15, 0.2) is 107 Å². The van der Waals surface area contributed by atoms with Crippen molar-refractivity contribution in [1.82, 2.24) is 0 Å².